The summed E-state index contributed by atoms with van der Waals surface area (Å²) in [5, 5.41) is 5.70. The molecule has 0 unspecified atom stereocenters. The highest BCUT2D eigenvalue weighted by molar-refractivity contribution is 6.05. The van der Waals surface area contributed by atoms with E-state index in [0.29, 0.717) is 11.3 Å². The Hall–Kier alpha value is -2.37. The molecule has 1 saturated carbocycles. The summed E-state index contributed by atoms with van der Waals surface area (Å²) < 4.78 is 0. The van der Waals surface area contributed by atoms with Crippen LogP contribution in [0.15, 0.2) is 54.6 Å². The van der Waals surface area contributed by atoms with E-state index < -0.39 is 5.54 Å². The summed E-state index contributed by atoms with van der Waals surface area (Å²) in [6, 6.07) is 16.1. The summed E-state index contributed by atoms with van der Waals surface area (Å²) in [4.78, 5) is 24.7. The Morgan fingerprint density at radius 1 is 0.808 bits per heavy atom. The van der Waals surface area contributed by atoms with Crippen LogP contribution >= 0.6 is 12.4 Å². The third kappa shape index (κ3) is 4.84. The second-order valence-corrected chi connectivity index (χ2v) is 6.57. The first-order chi connectivity index (χ1) is 12.1. The molecule has 0 aliphatic heterocycles. The van der Waals surface area contributed by atoms with E-state index in [4.69, 9.17) is 5.73 Å². The lowest BCUT2D eigenvalue weighted by molar-refractivity contribution is -0.122. The summed E-state index contributed by atoms with van der Waals surface area (Å²) in [7, 11) is 0. The highest BCUT2D eigenvalue weighted by Crippen LogP contribution is 2.27. The van der Waals surface area contributed by atoms with Crippen LogP contribution in [0.5, 0.6) is 0 Å². The van der Waals surface area contributed by atoms with Crippen LogP contribution in [0.3, 0.4) is 0 Å². The lowest BCUT2D eigenvalue weighted by Crippen LogP contribution is -2.52. The molecule has 0 radical (unpaired) electrons. The average molecular weight is 374 g/mol. The van der Waals surface area contributed by atoms with Gasteiger partial charge in [-0.25, -0.2) is 0 Å². The molecule has 3 rings (SSSR count). The van der Waals surface area contributed by atoms with E-state index >= 15 is 0 Å². The Balaban J connectivity index is 0.00000243. The highest BCUT2D eigenvalue weighted by atomic mass is 35.5. The number of hydrogen-bond acceptors (Lipinski definition) is 3. The fourth-order valence-electron chi connectivity index (χ4n) is 3.09. The van der Waals surface area contributed by atoms with Gasteiger partial charge in [-0.1, -0.05) is 37.5 Å². The lowest BCUT2D eigenvalue weighted by atomic mass is 9.82. The number of rotatable bonds is 4. The number of amides is 2. The summed E-state index contributed by atoms with van der Waals surface area (Å²) in [5.41, 5.74) is 7.38. The van der Waals surface area contributed by atoms with Crippen LogP contribution in [0.1, 0.15) is 42.5 Å². The van der Waals surface area contributed by atoms with Gasteiger partial charge in [0.05, 0.1) is 5.54 Å². The minimum Gasteiger partial charge on any atom is -0.324 e. The Labute approximate surface area is 159 Å². The summed E-state index contributed by atoms with van der Waals surface area (Å²) in [6.45, 7) is 0. The van der Waals surface area contributed by atoms with Crippen LogP contribution in [0.4, 0.5) is 11.4 Å². The largest absolute Gasteiger partial charge is 0.324 e. The molecule has 2 amide bonds. The van der Waals surface area contributed by atoms with Crippen LogP contribution in [0.2, 0.25) is 0 Å². The number of nitrogens with two attached hydrogens (primary N) is 1. The fraction of sp³-hybridized carbons (Fsp3) is 0.300. The van der Waals surface area contributed by atoms with Gasteiger partial charge in [-0.2, -0.15) is 0 Å². The second kappa shape index (κ2) is 8.83. The summed E-state index contributed by atoms with van der Waals surface area (Å²) in [6.07, 6.45) is 4.55. The molecule has 138 valence electrons. The van der Waals surface area contributed by atoms with E-state index in [1.165, 1.54) is 0 Å². The predicted molar refractivity (Wildman–Crippen MR) is 107 cm³/mol. The van der Waals surface area contributed by atoms with Gasteiger partial charge in [0.1, 0.15) is 0 Å². The van der Waals surface area contributed by atoms with E-state index in [0.717, 1.165) is 37.8 Å². The van der Waals surface area contributed by atoms with Gasteiger partial charge in [0, 0.05) is 16.9 Å². The number of hydrogen-bond donors (Lipinski definition) is 3. The van der Waals surface area contributed by atoms with Crippen LogP contribution in [0, 0.1) is 0 Å². The molecule has 4 N–H and O–H groups in total. The molecule has 2 aromatic rings. The summed E-state index contributed by atoms with van der Waals surface area (Å²) >= 11 is 0. The zero-order valence-corrected chi connectivity index (χ0v) is 15.4. The van der Waals surface area contributed by atoms with E-state index in [2.05, 4.69) is 10.6 Å². The quantitative estimate of drug-likeness (QED) is 0.758. The van der Waals surface area contributed by atoms with E-state index in [9.17, 15) is 9.59 Å². The van der Waals surface area contributed by atoms with Gasteiger partial charge < -0.3 is 16.4 Å². The van der Waals surface area contributed by atoms with E-state index in [1.807, 2.05) is 30.3 Å². The number of carbonyl (C=O) groups excluding carboxylic acids is 2. The van der Waals surface area contributed by atoms with Crippen molar-refractivity contribution in [3.05, 3.63) is 60.2 Å². The first kappa shape index (κ1) is 19.9. The van der Waals surface area contributed by atoms with Crippen molar-refractivity contribution in [1.29, 1.82) is 0 Å². The van der Waals surface area contributed by atoms with Crippen LogP contribution in [-0.2, 0) is 4.79 Å². The zero-order valence-electron chi connectivity index (χ0n) is 14.5. The number of nitrogens with one attached hydrogen (secondary N) is 2. The average Bonchev–Trinajstić information content (AvgIpc) is 2.64. The topological polar surface area (TPSA) is 84.2 Å². The number of halogens is 1. The minimum absolute atomic E-state index is 0. The fourth-order valence-corrected chi connectivity index (χ4v) is 3.09. The zero-order chi connectivity index (χ0) is 17.7. The van der Waals surface area contributed by atoms with Crippen molar-refractivity contribution in [2.24, 2.45) is 5.73 Å². The Bertz CT molecular complexity index is 741. The molecule has 1 fully saturated rings. The Kier molecular flexibility index (Phi) is 6.77. The smallest absolute Gasteiger partial charge is 0.255 e. The maximum absolute atomic E-state index is 12.4. The van der Waals surface area contributed by atoms with Gasteiger partial charge >= 0.3 is 0 Å². The van der Waals surface area contributed by atoms with Crippen LogP contribution in [0.25, 0.3) is 0 Å². The van der Waals surface area contributed by atoms with Gasteiger partial charge in [0.25, 0.3) is 5.91 Å². The molecule has 2 aromatic carbocycles. The molecule has 0 heterocycles. The third-order valence-corrected chi connectivity index (χ3v) is 4.63. The van der Waals surface area contributed by atoms with Gasteiger partial charge in [0.2, 0.25) is 5.91 Å². The van der Waals surface area contributed by atoms with E-state index in [-0.39, 0.29) is 24.2 Å². The molecular weight excluding hydrogens is 350 g/mol. The van der Waals surface area contributed by atoms with Crippen LogP contribution in [-0.4, -0.2) is 17.4 Å². The standard InChI is InChI=1S/C20H23N3O2.ClH/c21-20(13-5-2-6-14-20)19(25)23-17-11-9-15(10-12-17)18(24)22-16-7-3-1-4-8-16;/h1,3-4,7-12H,2,5-6,13-14,21H2,(H,22,24)(H,23,25);1H. The maximum Gasteiger partial charge on any atom is 0.255 e. The first-order valence-electron chi connectivity index (χ1n) is 8.64. The van der Waals surface area contributed by atoms with Crippen molar-refractivity contribution < 1.29 is 9.59 Å². The first-order valence-corrected chi connectivity index (χ1v) is 8.64. The molecule has 0 bridgehead atoms. The van der Waals surface area contributed by atoms with Gasteiger partial charge in [0.15, 0.2) is 0 Å². The maximum atomic E-state index is 12.4. The van der Waals surface area contributed by atoms with Crippen molar-refractivity contribution in [2.75, 3.05) is 10.6 Å². The Morgan fingerprint density at radius 3 is 2.00 bits per heavy atom. The number of para-hydroxylation sites is 1. The highest BCUT2D eigenvalue weighted by Gasteiger charge is 2.35. The number of benzene rings is 2. The molecule has 6 heteroatoms. The molecule has 1 aliphatic rings. The van der Waals surface area contributed by atoms with Gasteiger partial charge in [-0.3, -0.25) is 9.59 Å². The van der Waals surface area contributed by atoms with Gasteiger partial charge in [-0.15, -0.1) is 12.4 Å². The summed E-state index contributed by atoms with van der Waals surface area (Å²) in [5.74, 6) is -0.333. The second-order valence-electron chi connectivity index (χ2n) is 6.57. The molecule has 1 aliphatic carbocycles. The molecule has 0 saturated heterocycles. The monoisotopic (exact) mass is 373 g/mol. The SMILES string of the molecule is Cl.NC1(C(=O)Nc2ccc(C(=O)Nc3ccccc3)cc2)CCCCC1. The van der Waals surface area contributed by atoms with Crippen molar-refractivity contribution >= 4 is 35.6 Å². The van der Waals surface area contributed by atoms with Crippen molar-refractivity contribution in [3.8, 4) is 0 Å². The van der Waals surface area contributed by atoms with E-state index in [1.54, 1.807) is 24.3 Å². The molecule has 0 aromatic heterocycles. The molecular formula is C20H24ClN3O2. The number of carbonyl (C=O) groups is 2. The molecule has 5 nitrogen and oxygen atoms in total. The van der Waals surface area contributed by atoms with Crippen molar-refractivity contribution in [1.82, 2.24) is 0 Å². The number of anilines is 2. The van der Waals surface area contributed by atoms with Crippen molar-refractivity contribution in [2.45, 2.75) is 37.6 Å². The minimum atomic E-state index is -0.776. The molecule has 26 heavy (non-hydrogen) atoms. The van der Waals surface area contributed by atoms with Gasteiger partial charge in [-0.05, 0) is 49.2 Å². The lowest BCUT2D eigenvalue weighted by Gasteiger charge is -2.31. The normalized spacial score (nSPS) is 15.4. The Morgan fingerprint density at radius 2 is 1.38 bits per heavy atom. The molecule has 0 spiro atoms. The third-order valence-electron chi connectivity index (χ3n) is 4.63. The molecule has 0 atom stereocenters. The van der Waals surface area contributed by atoms with Crippen molar-refractivity contribution in [3.63, 3.8) is 0 Å². The predicted octanol–water partition coefficient (Wildman–Crippen LogP) is 3.96. The van der Waals surface area contributed by atoms with Crippen LogP contribution < -0.4 is 16.4 Å².